The van der Waals surface area contributed by atoms with Gasteiger partial charge >= 0.3 is 0 Å². The van der Waals surface area contributed by atoms with Gasteiger partial charge in [0.15, 0.2) is 0 Å². The van der Waals surface area contributed by atoms with Crippen molar-refractivity contribution >= 4 is 30.7 Å². The van der Waals surface area contributed by atoms with Gasteiger partial charge in [0.1, 0.15) is 0 Å². The summed E-state index contributed by atoms with van der Waals surface area (Å²) in [6, 6.07) is 10.8. The first-order valence-electron chi connectivity index (χ1n) is 10.5. The molecular formula is C22H37Cl2N3O. The number of nitrogens with one attached hydrogen (secondary N) is 2. The molecule has 2 aliphatic rings. The quantitative estimate of drug-likeness (QED) is 0.694. The summed E-state index contributed by atoms with van der Waals surface area (Å²) in [4.78, 5) is 14.8. The lowest BCUT2D eigenvalue weighted by atomic mass is 9.89. The average Bonchev–Trinajstić information content (AvgIpc) is 2.69. The summed E-state index contributed by atoms with van der Waals surface area (Å²) in [6.45, 7) is 7.23. The van der Waals surface area contributed by atoms with Gasteiger partial charge in [0.25, 0.3) is 0 Å². The lowest BCUT2D eigenvalue weighted by molar-refractivity contribution is -0.126. The Morgan fingerprint density at radius 2 is 1.86 bits per heavy atom. The van der Waals surface area contributed by atoms with Crippen LogP contribution in [0.25, 0.3) is 0 Å². The van der Waals surface area contributed by atoms with Crippen LogP contribution in [0.3, 0.4) is 0 Å². The third-order valence-corrected chi connectivity index (χ3v) is 6.19. The minimum Gasteiger partial charge on any atom is -0.355 e. The molecule has 0 bridgehead atoms. The molecule has 0 aliphatic carbocycles. The summed E-state index contributed by atoms with van der Waals surface area (Å²) in [6.07, 6.45) is 7.23. The first kappa shape index (κ1) is 25.2. The SMILES string of the molecule is CC(C(=O)NCCC1CCCNC1)N1CCC(Cc2ccccc2)CC1.Cl.Cl. The van der Waals surface area contributed by atoms with Gasteiger partial charge in [-0.1, -0.05) is 30.3 Å². The minimum atomic E-state index is -0.00263. The van der Waals surface area contributed by atoms with E-state index in [1.165, 1.54) is 37.7 Å². The first-order chi connectivity index (χ1) is 12.7. The van der Waals surface area contributed by atoms with Gasteiger partial charge in [-0.2, -0.15) is 0 Å². The Morgan fingerprint density at radius 1 is 1.14 bits per heavy atom. The molecule has 3 rings (SSSR count). The number of likely N-dealkylation sites (tertiary alicyclic amines) is 1. The Kier molecular flexibility index (Phi) is 12.1. The van der Waals surface area contributed by atoms with Gasteiger partial charge < -0.3 is 10.6 Å². The zero-order valence-electron chi connectivity index (χ0n) is 17.1. The van der Waals surface area contributed by atoms with Crippen LogP contribution in [0.2, 0.25) is 0 Å². The number of hydrogen-bond donors (Lipinski definition) is 2. The standard InChI is InChI=1S/C22H35N3O.2ClH/c1-18(22(26)24-13-9-21-8-5-12-23-17-21)25-14-10-20(11-15-25)16-19-6-3-2-4-7-19;;/h2-4,6-7,18,20-21,23H,5,8-17H2,1H3,(H,24,26);2*1H. The van der Waals surface area contributed by atoms with Crippen LogP contribution < -0.4 is 10.6 Å². The monoisotopic (exact) mass is 429 g/mol. The Hall–Kier alpha value is -0.810. The second-order valence-electron chi connectivity index (χ2n) is 8.14. The van der Waals surface area contributed by atoms with Crippen molar-refractivity contribution in [3.05, 3.63) is 35.9 Å². The van der Waals surface area contributed by atoms with Gasteiger partial charge in [-0.05, 0) is 89.0 Å². The van der Waals surface area contributed by atoms with E-state index in [0.717, 1.165) is 51.0 Å². The normalized spacial score (nSPS) is 21.8. The number of benzene rings is 1. The van der Waals surface area contributed by atoms with E-state index in [2.05, 4.69) is 52.8 Å². The maximum absolute atomic E-state index is 12.5. The Bertz CT molecular complexity index is 544. The molecule has 6 heteroatoms. The molecule has 28 heavy (non-hydrogen) atoms. The van der Waals surface area contributed by atoms with Crippen LogP contribution in [0.1, 0.15) is 44.6 Å². The van der Waals surface area contributed by atoms with Crippen molar-refractivity contribution in [3.8, 4) is 0 Å². The average molecular weight is 430 g/mol. The molecule has 1 aromatic rings. The topological polar surface area (TPSA) is 44.4 Å². The summed E-state index contributed by atoms with van der Waals surface area (Å²) in [5, 5.41) is 6.62. The van der Waals surface area contributed by atoms with Crippen molar-refractivity contribution in [2.75, 3.05) is 32.7 Å². The molecule has 2 heterocycles. The minimum absolute atomic E-state index is 0. The number of rotatable bonds is 7. The van der Waals surface area contributed by atoms with Crippen molar-refractivity contribution in [3.63, 3.8) is 0 Å². The van der Waals surface area contributed by atoms with Crippen molar-refractivity contribution in [1.29, 1.82) is 0 Å². The number of carbonyl (C=O) groups excluding carboxylic acids is 1. The molecule has 1 aromatic carbocycles. The highest BCUT2D eigenvalue weighted by Gasteiger charge is 2.26. The van der Waals surface area contributed by atoms with Gasteiger partial charge in [0.05, 0.1) is 6.04 Å². The van der Waals surface area contributed by atoms with Crippen LogP contribution >= 0.6 is 24.8 Å². The van der Waals surface area contributed by atoms with E-state index in [4.69, 9.17) is 0 Å². The molecule has 1 amide bonds. The third-order valence-electron chi connectivity index (χ3n) is 6.19. The second-order valence-corrected chi connectivity index (χ2v) is 8.14. The van der Waals surface area contributed by atoms with Crippen molar-refractivity contribution in [2.45, 2.75) is 51.5 Å². The molecule has 0 saturated carbocycles. The summed E-state index contributed by atoms with van der Waals surface area (Å²) < 4.78 is 0. The molecule has 160 valence electrons. The highest BCUT2D eigenvalue weighted by molar-refractivity contribution is 5.85. The number of amides is 1. The largest absolute Gasteiger partial charge is 0.355 e. The third kappa shape index (κ3) is 7.90. The maximum Gasteiger partial charge on any atom is 0.237 e. The molecule has 0 radical (unpaired) electrons. The van der Waals surface area contributed by atoms with Gasteiger partial charge in [-0.15, -0.1) is 24.8 Å². The number of piperidine rings is 2. The second kappa shape index (κ2) is 13.4. The molecule has 4 nitrogen and oxygen atoms in total. The van der Waals surface area contributed by atoms with Crippen LogP contribution in [-0.4, -0.2) is 49.6 Å². The van der Waals surface area contributed by atoms with Gasteiger partial charge in [0, 0.05) is 6.54 Å². The first-order valence-corrected chi connectivity index (χ1v) is 10.5. The zero-order valence-corrected chi connectivity index (χ0v) is 18.7. The van der Waals surface area contributed by atoms with E-state index in [1.54, 1.807) is 0 Å². The molecule has 2 aliphatic heterocycles. The van der Waals surface area contributed by atoms with E-state index < -0.39 is 0 Å². The Morgan fingerprint density at radius 3 is 2.50 bits per heavy atom. The Balaban J connectivity index is 0.00000196. The zero-order chi connectivity index (χ0) is 18.2. The van der Waals surface area contributed by atoms with Crippen LogP contribution in [0, 0.1) is 11.8 Å². The fourth-order valence-electron chi connectivity index (χ4n) is 4.38. The molecule has 2 atom stereocenters. The fourth-order valence-corrected chi connectivity index (χ4v) is 4.38. The molecule has 0 spiro atoms. The Labute approximate surface area is 183 Å². The molecular weight excluding hydrogens is 393 g/mol. The molecule has 0 aromatic heterocycles. The van der Waals surface area contributed by atoms with Gasteiger partial charge in [0.2, 0.25) is 5.91 Å². The predicted octanol–water partition coefficient (Wildman–Crippen LogP) is 3.68. The summed E-state index contributed by atoms with van der Waals surface area (Å²) in [5.74, 6) is 1.69. The van der Waals surface area contributed by atoms with Crippen LogP contribution in [-0.2, 0) is 11.2 Å². The summed E-state index contributed by atoms with van der Waals surface area (Å²) >= 11 is 0. The van der Waals surface area contributed by atoms with Crippen molar-refractivity contribution in [2.24, 2.45) is 11.8 Å². The number of nitrogens with zero attached hydrogens (tertiary/aromatic N) is 1. The summed E-state index contributed by atoms with van der Waals surface area (Å²) in [7, 11) is 0. The van der Waals surface area contributed by atoms with E-state index >= 15 is 0 Å². The fraction of sp³-hybridized carbons (Fsp3) is 0.682. The number of hydrogen-bond acceptors (Lipinski definition) is 3. The van der Waals surface area contributed by atoms with Gasteiger partial charge in [-0.3, -0.25) is 9.69 Å². The highest BCUT2D eigenvalue weighted by Crippen LogP contribution is 2.23. The van der Waals surface area contributed by atoms with Crippen molar-refractivity contribution < 1.29 is 4.79 Å². The van der Waals surface area contributed by atoms with E-state index in [9.17, 15) is 4.79 Å². The number of halogens is 2. The van der Waals surface area contributed by atoms with Crippen LogP contribution in [0.5, 0.6) is 0 Å². The lowest BCUT2D eigenvalue weighted by Gasteiger charge is -2.35. The molecule has 2 unspecified atom stereocenters. The molecule has 2 fully saturated rings. The van der Waals surface area contributed by atoms with E-state index in [-0.39, 0.29) is 36.8 Å². The van der Waals surface area contributed by atoms with E-state index in [1.807, 2.05) is 0 Å². The smallest absolute Gasteiger partial charge is 0.237 e. The van der Waals surface area contributed by atoms with Gasteiger partial charge in [-0.25, -0.2) is 0 Å². The van der Waals surface area contributed by atoms with Crippen molar-refractivity contribution in [1.82, 2.24) is 15.5 Å². The predicted molar refractivity (Wildman–Crippen MR) is 122 cm³/mol. The number of carbonyl (C=O) groups is 1. The van der Waals surface area contributed by atoms with Crippen LogP contribution in [0.15, 0.2) is 30.3 Å². The maximum atomic E-state index is 12.5. The molecule has 2 N–H and O–H groups in total. The van der Waals surface area contributed by atoms with Crippen LogP contribution in [0.4, 0.5) is 0 Å². The molecule has 2 saturated heterocycles. The van der Waals surface area contributed by atoms with E-state index in [0.29, 0.717) is 0 Å². The summed E-state index contributed by atoms with van der Waals surface area (Å²) in [5.41, 5.74) is 1.44. The lowest BCUT2D eigenvalue weighted by Crippen LogP contribution is -2.48. The highest BCUT2D eigenvalue weighted by atomic mass is 35.5.